The lowest BCUT2D eigenvalue weighted by molar-refractivity contribution is 0.0771. The molecule has 2 N–H and O–H groups in total. The lowest BCUT2D eigenvalue weighted by Gasteiger charge is -2.21. The summed E-state index contributed by atoms with van der Waals surface area (Å²) in [5.41, 5.74) is 5.54. The Kier molecular flexibility index (Phi) is 2.79. The second-order valence-electron chi connectivity index (χ2n) is 3.65. The van der Waals surface area contributed by atoms with E-state index in [0.29, 0.717) is 12.5 Å². The van der Waals surface area contributed by atoms with Crippen molar-refractivity contribution in [2.45, 2.75) is 25.3 Å². The molecular weight excluding hydrogens is 180 g/mol. The van der Waals surface area contributed by atoms with E-state index in [1.807, 2.05) is 11.6 Å². The van der Waals surface area contributed by atoms with E-state index in [0.717, 1.165) is 37.7 Å². The zero-order valence-electron chi connectivity index (χ0n) is 8.44. The van der Waals surface area contributed by atoms with Crippen molar-refractivity contribution in [3.63, 3.8) is 0 Å². The molecular formula is C9H16N4O. The normalized spacial score (nSPS) is 22.6. The van der Waals surface area contributed by atoms with Gasteiger partial charge in [-0.1, -0.05) is 0 Å². The predicted octanol–water partition coefficient (Wildman–Crippen LogP) is 0.168. The van der Waals surface area contributed by atoms with Crippen molar-refractivity contribution in [3.8, 4) is 0 Å². The van der Waals surface area contributed by atoms with Gasteiger partial charge in [0.05, 0.1) is 13.2 Å². The molecule has 0 radical (unpaired) electrons. The first-order valence-electron chi connectivity index (χ1n) is 4.99. The number of hydrogen-bond donors (Lipinski definition) is 1. The fraction of sp³-hybridized carbons (Fsp3) is 0.778. The zero-order valence-corrected chi connectivity index (χ0v) is 8.44. The highest BCUT2D eigenvalue weighted by molar-refractivity contribution is 5.02. The van der Waals surface area contributed by atoms with Gasteiger partial charge in [-0.15, -0.1) is 10.2 Å². The van der Waals surface area contributed by atoms with Crippen molar-refractivity contribution in [1.29, 1.82) is 0 Å². The van der Waals surface area contributed by atoms with Crippen molar-refractivity contribution in [2.24, 2.45) is 12.8 Å². The van der Waals surface area contributed by atoms with Gasteiger partial charge in [0.25, 0.3) is 0 Å². The molecule has 1 saturated heterocycles. The number of nitrogens with zero attached hydrogens (tertiary/aromatic N) is 3. The Balaban J connectivity index is 2.18. The summed E-state index contributed by atoms with van der Waals surface area (Å²) in [6, 6.07) is 0. The number of aromatic nitrogens is 3. The second kappa shape index (κ2) is 4.06. The minimum atomic E-state index is 0.390. The minimum absolute atomic E-state index is 0.390. The van der Waals surface area contributed by atoms with Crippen LogP contribution in [0, 0.1) is 0 Å². The highest BCUT2D eigenvalue weighted by Gasteiger charge is 2.21. The van der Waals surface area contributed by atoms with Crippen molar-refractivity contribution < 1.29 is 4.74 Å². The lowest BCUT2D eigenvalue weighted by Crippen LogP contribution is -2.19. The van der Waals surface area contributed by atoms with Crippen molar-refractivity contribution in [1.82, 2.24) is 14.8 Å². The van der Waals surface area contributed by atoms with E-state index in [1.165, 1.54) is 0 Å². The van der Waals surface area contributed by atoms with E-state index in [1.54, 1.807) is 0 Å². The smallest absolute Gasteiger partial charge is 0.146 e. The lowest BCUT2D eigenvalue weighted by atomic mass is 10.0. The third kappa shape index (κ3) is 1.65. The molecule has 1 unspecified atom stereocenters. The summed E-state index contributed by atoms with van der Waals surface area (Å²) in [6.07, 6.45) is 2.24. The van der Waals surface area contributed by atoms with E-state index in [4.69, 9.17) is 10.5 Å². The van der Waals surface area contributed by atoms with Crippen LogP contribution < -0.4 is 5.73 Å². The molecule has 1 aromatic rings. The van der Waals surface area contributed by atoms with Crippen LogP contribution in [0.4, 0.5) is 0 Å². The first-order chi connectivity index (χ1) is 6.83. The molecule has 0 bridgehead atoms. The van der Waals surface area contributed by atoms with Gasteiger partial charge in [0.2, 0.25) is 0 Å². The van der Waals surface area contributed by atoms with Crippen LogP contribution in [0.1, 0.15) is 30.4 Å². The molecule has 14 heavy (non-hydrogen) atoms. The summed E-state index contributed by atoms with van der Waals surface area (Å²) in [7, 11) is 1.96. The van der Waals surface area contributed by atoms with Crippen LogP contribution in [0.15, 0.2) is 0 Å². The first-order valence-corrected chi connectivity index (χ1v) is 4.99. The van der Waals surface area contributed by atoms with E-state index >= 15 is 0 Å². The summed E-state index contributed by atoms with van der Waals surface area (Å²) in [4.78, 5) is 0. The first kappa shape index (κ1) is 9.61. The summed E-state index contributed by atoms with van der Waals surface area (Å²) in [5.74, 6) is 2.23. The highest BCUT2D eigenvalue weighted by Crippen LogP contribution is 2.23. The van der Waals surface area contributed by atoms with E-state index < -0.39 is 0 Å². The number of nitrogens with two attached hydrogens (primary N) is 1. The van der Waals surface area contributed by atoms with E-state index in [9.17, 15) is 0 Å². The van der Waals surface area contributed by atoms with Crippen LogP contribution in [0.5, 0.6) is 0 Å². The van der Waals surface area contributed by atoms with Crippen molar-refractivity contribution >= 4 is 0 Å². The van der Waals surface area contributed by atoms with Gasteiger partial charge in [-0.25, -0.2) is 0 Å². The zero-order chi connectivity index (χ0) is 9.97. The molecule has 1 fully saturated rings. The van der Waals surface area contributed by atoms with Gasteiger partial charge in [-0.2, -0.15) is 0 Å². The quantitative estimate of drug-likeness (QED) is 0.732. The Morgan fingerprint density at radius 1 is 1.57 bits per heavy atom. The Hall–Kier alpha value is -0.940. The monoisotopic (exact) mass is 196 g/mol. The Morgan fingerprint density at radius 2 is 2.43 bits per heavy atom. The average molecular weight is 196 g/mol. The van der Waals surface area contributed by atoms with Gasteiger partial charge in [0.15, 0.2) is 0 Å². The predicted molar refractivity (Wildman–Crippen MR) is 51.7 cm³/mol. The summed E-state index contributed by atoms with van der Waals surface area (Å²) < 4.78 is 7.41. The van der Waals surface area contributed by atoms with Gasteiger partial charge < -0.3 is 15.0 Å². The van der Waals surface area contributed by atoms with Gasteiger partial charge in [0, 0.05) is 19.6 Å². The van der Waals surface area contributed by atoms with Crippen molar-refractivity contribution in [3.05, 3.63) is 11.6 Å². The molecule has 0 amide bonds. The SMILES string of the molecule is Cn1c(CN)nnc1C1CCCOC1. The van der Waals surface area contributed by atoms with Crippen LogP contribution in [0.2, 0.25) is 0 Å². The molecule has 0 aromatic carbocycles. The van der Waals surface area contributed by atoms with Crippen LogP contribution in [0.3, 0.4) is 0 Å². The Morgan fingerprint density at radius 3 is 3.00 bits per heavy atom. The average Bonchev–Trinajstić information content (AvgIpc) is 2.61. The van der Waals surface area contributed by atoms with Gasteiger partial charge >= 0.3 is 0 Å². The van der Waals surface area contributed by atoms with Gasteiger partial charge in [-0.05, 0) is 12.8 Å². The van der Waals surface area contributed by atoms with Crippen molar-refractivity contribution in [2.75, 3.05) is 13.2 Å². The molecule has 0 saturated carbocycles. The van der Waals surface area contributed by atoms with Crippen LogP contribution in [-0.4, -0.2) is 28.0 Å². The fourth-order valence-electron chi connectivity index (χ4n) is 1.85. The summed E-state index contributed by atoms with van der Waals surface area (Å²) >= 11 is 0. The van der Waals surface area contributed by atoms with Crippen LogP contribution in [-0.2, 0) is 18.3 Å². The second-order valence-corrected chi connectivity index (χ2v) is 3.65. The van der Waals surface area contributed by atoms with Gasteiger partial charge in [-0.3, -0.25) is 0 Å². The molecule has 1 atom stereocenters. The molecule has 1 aromatic heterocycles. The molecule has 5 heteroatoms. The molecule has 78 valence electrons. The standard InChI is InChI=1S/C9H16N4O/c1-13-8(5-10)11-12-9(13)7-3-2-4-14-6-7/h7H,2-6,10H2,1H3. The van der Waals surface area contributed by atoms with Crippen LogP contribution >= 0.6 is 0 Å². The molecule has 0 spiro atoms. The highest BCUT2D eigenvalue weighted by atomic mass is 16.5. The molecule has 0 aliphatic carbocycles. The summed E-state index contributed by atoms with van der Waals surface area (Å²) in [6.45, 7) is 2.08. The van der Waals surface area contributed by atoms with E-state index in [2.05, 4.69) is 10.2 Å². The third-order valence-electron chi connectivity index (χ3n) is 2.71. The Bertz CT molecular complexity index is 304. The van der Waals surface area contributed by atoms with Gasteiger partial charge in [0.1, 0.15) is 11.6 Å². The molecule has 5 nitrogen and oxygen atoms in total. The molecule has 1 aliphatic rings. The molecule has 2 heterocycles. The largest absolute Gasteiger partial charge is 0.381 e. The topological polar surface area (TPSA) is 66.0 Å². The molecule has 1 aliphatic heterocycles. The summed E-state index contributed by atoms with van der Waals surface area (Å²) in [5, 5.41) is 8.21. The maximum absolute atomic E-state index is 5.54. The van der Waals surface area contributed by atoms with E-state index in [-0.39, 0.29) is 0 Å². The Labute approximate surface area is 83.3 Å². The minimum Gasteiger partial charge on any atom is -0.381 e. The number of ether oxygens (including phenoxy) is 1. The fourth-order valence-corrected chi connectivity index (χ4v) is 1.85. The van der Waals surface area contributed by atoms with Crippen LogP contribution in [0.25, 0.3) is 0 Å². The molecule has 2 rings (SSSR count). The maximum Gasteiger partial charge on any atom is 0.146 e. The third-order valence-corrected chi connectivity index (χ3v) is 2.71. The number of hydrogen-bond acceptors (Lipinski definition) is 4. The number of rotatable bonds is 2. The maximum atomic E-state index is 5.54.